The number of carbonyl (C=O) groups excluding carboxylic acids is 1. The Kier molecular flexibility index (Phi) is 8.74. The van der Waals surface area contributed by atoms with Crippen LogP contribution < -0.4 is 4.74 Å². The second kappa shape index (κ2) is 11.3. The van der Waals surface area contributed by atoms with E-state index in [9.17, 15) is 9.90 Å². The number of benzene rings is 1. The molecule has 0 saturated carbocycles. The topological polar surface area (TPSA) is 53.0 Å². The molecule has 0 radical (unpaired) electrons. The van der Waals surface area contributed by atoms with Crippen molar-refractivity contribution < 1.29 is 14.6 Å². The Morgan fingerprint density at radius 1 is 1.42 bits per heavy atom. The summed E-state index contributed by atoms with van der Waals surface area (Å²) in [4.78, 5) is 18.9. The molecule has 1 aromatic carbocycles. The van der Waals surface area contributed by atoms with E-state index in [1.807, 2.05) is 36.1 Å². The van der Waals surface area contributed by atoms with Gasteiger partial charge in [0.2, 0.25) is 5.91 Å². The van der Waals surface area contributed by atoms with Gasteiger partial charge >= 0.3 is 0 Å². The zero-order chi connectivity index (χ0) is 24.0. The molecule has 33 heavy (non-hydrogen) atoms. The average Bonchev–Trinajstić information content (AvgIpc) is 3.24. The van der Waals surface area contributed by atoms with Crippen molar-refractivity contribution in [3.63, 3.8) is 0 Å². The maximum absolute atomic E-state index is 13.6. The highest BCUT2D eigenvalue weighted by atomic mass is 32.1. The minimum atomic E-state index is -1.03. The number of hydrogen-bond donors (Lipinski definition) is 1. The molecule has 2 atom stereocenters. The molecular weight excluding hydrogens is 432 g/mol. The summed E-state index contributed by atoms with van der Waals surface area (Å²) in [6.45, 7) is 14.4. The van der Waals surface area contributed by atoms with E-state index >= 15 is 0 Å². The molecule has 0 saturated heterocycles. The lowest BCUT2D eigenvalue weighted by atomic mass is 10.00. The van der Waals surface area contributed by atoms with Gasteiger partial charge in [0.15, 0.2) is 0 Å². The SMILES string of the molecule is C=CC(C)(O)CN(CCC(C)C)CC(=O)N1CCc2sccc2C1COc1cccc(C)c1. The number of hydrogen-bond acceptors (Lipinski definition) is 5. The van der Waals surface area contributed by atoms with Crippen molar-refractivity contribution in [3.05, 3.63) is 64.4 Å². The first-order valence-electron chi connectivity index (χ1n) is 11.8. The minimum Gasteiger partial charge on any atom is -0.491 e. The maximum Gasteiger partial charge on any atom is 0.237 e. The summed E-state index contributed by atoms with van der Waals surface area (Å²) >= 11 is 1.75. The Morgan fingerprint density at radius 2 is 2.21 bits per heavy atom. The van der Waals surface area contributed by atoms with Crippen LogP contribution in [0.1, 0.15) is 49.2 Å². The third-order valence-electron chi connectivity index (χ3n) is 6.18. The zero-order valence-corrected chi connectivity index (χ0v) is 21.2. The van der Waals surface area contributed by atoms with Crippen molar-refractivity contribution in [2.24, 2.45) is 5.92 Å². The summed E-state index contributed by atoms with van der Waals surface area (Å²) in [6, 6.07) is 10.0. The van der Waals surface area contributed by atoms with Crippen molar-refractivity contribution >= 4 is 17.2 Å². The van der Waals surface area contributed by atoms with Gasteiger partial charge in [-0.1, -0.05) is 32.1 Å². The second-order valence-corrected chi connectivity index (χ2v) is 10.7. The van der Waals surface area contributed by atoms with E-state index in [1.165, 1.54) is 10.4 Å². The number of carbonyl (C=O) groups is 1. The fourth-order valence-electron chi connectivity index (χ4n) is 4.21. The number of aliphatic hydroxyl groups is 1. The molecule has 6 heteroatoms. The van der Waals surface area contributed by atoms with Crippen molar-refractivity contribution in [2.75, 3.05) is 32.8 Å². The molecule has 0 aliphatic carbocycles. The van der Waals surface area contributed by atoms with Gasteiger partial charge in [-0.25, -0.2) is 0 Å². The van der Waals surface area contributed by atoms with Crippen LogP contribution in [0.15, 0.2) is 48.4 Å². The molecule has 2 aromatic rings. The predicted octanol–water partition coefficient (Wildman–Crippen LogP) is 4.85. The fourth-order valence-corrected chi connectivity index (χ4v) is 5.14. The smallest absolute Gasteiger partial charge is 0.237 e. The van der Waals surface area contributed by atoms with E-state index in [0.717, 1.165) is 30.7 Å². The Balaban J connectivity index is 1.75. The molecule has 2 heterocycles. The fraction of sp³-hybridized carbons (Fsp3) is 0.519. The van der Waals surface area contributed by atoms with Gasteiger partial charge < -0.3 is 14.7 Å². The number of fused-ring (bicyclic) bond motifs is 1. The lowest BCUT2D eigenvalue weighted by molar-refractivity contribution is -0.136. The van der Waals surface area contributed by atoms with Crippen LogP contribution in [0.2, 0.25) is 0 Å². The molecule has 1 aliphatic heterocycles. The largest absolute Gasteiger partial charge is 0.491 e. The van der Waals surface area contributed by atoms with Crippen LogP contribution in [-0.4, -0.2) is 59.2 Å². The van der Waals surface area contributed by atoms with Crippen molar-refractivity contribution in [3.8, 4) is 5.75 Å². The summed E-state index contributed by atoms with van der Waals surface area (Å²) in [7, 11) is 0. The van der Waals surface area contributed by atoms with Gasteiger partial charge in [0.1, 0.15) is 12.4 Å². The molecule has 2 unspecified atom stereocenters. The Morgan fingerprint density at radius 3 is 2.91 bits per heavy atom. The van der Waals surface area contributed by atoms with Gasteiger partial charge in [-0.15, -0.1) is 17.9 Å². The number of amides is 1. The van der Waals surface area contributed by atoms with E-state index < -0.39 is 5.60 Å². The third kappa shape index (κ3) is 7.16. The van der Waals surface area contributed by atoms with Gasteiger partial charge in [-0.2, -0.15) is 0 Å². The van der Waals surface area contributed by atoms with Crippen LogP contribution in [0.4, 0.5) is 0 Å². The number of thiophene rings is 1. The summed E-state index contributed by atoms with van der Waals surface area (Å²) in [5.74, 6) is 1.42. The molecule has 1 N–H and O–H groups in total. The standard InChI is InChI=1S/C27H38N2O3S/c1-6-27(5,31)19-28(13-10-20(2)3)17-26(30)29-14-11-25-23(12-15-33-25)24(29)18-32-22-9-7-8-21(4)16-22/h6-9,12,15-16,20,24,31H,1,10-11,13-14,17-19H2,2-5H3. The highest BCUT2D eigenvalue weighted by Crippen LogP contribution is 2.34. The van der Waals surface area contributed by atoms with Crippen LogP contribution >= 0.6 is 11.3 Å². The number of rotatable bonds is 11. The van der Waals surface area contributed by atoms with E-state index in [4.69, 9.17) is 4.74 Å². The van der Waals surface area contributed by atoms with Gasteiger partial charge in [0, 0.05) is 18.0 Å². The number of nitrogens with zero attached hydrogens (tertiary/aromatic N) is 2. The third-order valence-corrected chi connectivity index (χ3v) is 7.17. The monoisotopic (exact) mass is 470 g/mol. The van der Waals surface area contributed by atoms with E-state index in [0.29, 0.717) is 25.6 Å². The lowest BCUT2D eigenvalue weighted by Crippen LogP contribution is -2.49. The van der Waals surface area contributed by atoms with Crippen LogP contribution in [0, 0.1) is 12.8 Å². The van der Waals surface area contributed by atoms with E-state index in [-0.39, 0.29) is 18.5 Å². The second-order valence-electron chi connectivity index (χ2n) is 9.73. The quantitative estimate of drug-likeness (QED) is 0.477. The van der Waals surface area contributed by atoms with Crippen molar-refractivity contribution in [1.82, 2.24) is 9.80 Å². The lowest BCUT2D eigenvalue weighted by Gasteiger charge is -2.38. The molecule has 1 aliphatic rings. The molecule has 5 nitrogen and oxygen atoms in total. The number of ether oxygens (including phenoxy) is 1. The average molecular weight is 471 g/mol. The highest BCUT2D eigenvalue weighted by molar-refractivity contribution is 7.10. The molecule has 0 bridgehead atoms. The van der Waals surface area contributed by atoms with Crippen LogP contribution in [-0.2, 0) is 11.2 Å². The molecule has 0 fully saturated rings. The summed E-state index contributed by atoms with van der Waals surface area (Å²) in [6.07, 6.45) is 3.39. The predicted molar refractivity (Wildman–Crippen MR) is 136 cm³/mol. The Hall–Kier alpha value is -2.15. The molecule has 1 amide bonds. The summed E-state index contributed by atoms with van der Waals surface area (Å²) in [5, 5.41) is 12.7. The first-order valence-corrected chi connectivity index (χ1v) is 12.7. The first kappa shape index (κ1) is 25.5. The zero-order valence-electron chi connectivity index (χ0n) is 20.4. The minimum absolute atomic E-state index is 0.0771. The van der Waals surface area contributed by atoms with Gasteiger partial charge in [0.05, 0.1) is 18.2 Å². The maximum atomic E-state index is 13.6. The van der Waals surface area contributed by atoms with Gasteiger partial charge in [-0.05, 0) is 73.9 Å². The van der Waals surface area contributed by atoms with Gasteiger partial charge in [-0.3, -0.25) is 9.69 Å². The molecule has 180 valence electrons. The summed E-state index contributed by atoms with van der Waals surface area (Å²) in [5.41, 5.74) is 1.31. The molecule has 1 aromatic heterocycles. The molecule has 0 spiro atoms. The summed E-state index contributed by atoms with van der Waals surface area (Å²) < 4.78 is 6.16. The molecular formula is C27H38N2O3S. The molecule has 3 rings (SSSR count). The Labute approximate surface area is 202 Å². The van der Waals surface area contributed by atoms with Crippen LogP contribution in [0.25, 0.3) is 0 Å². The van der Waals surface area contributed by atoms with E-state index in [1.54, 1.807) is 24.3 Å². The normalized spacial score (nSPS) is 17.7. The Bertz CT molecular complexity index is 937. The first-order chi connectivity index (χ1) is 15.7. The van der Waals surface area contributed by atoms with Crippen molar-refractivity contribution in [1.29, 1.82) is 0 Å². The number of aryl methyl sites for hydroxylation is 1. The van der Waals surface area contributed by atoms with Crippen LogP contribution in [0.3, 0.4) is 0 Å². The van der Waals surface area contributed by atoms with Gasteiger partial charge in [0.25, 0.3) is 0 Å². The van der Waals surface area contributed by atoms with Crippen molar-refractivity contribution in [2.45, 2.75) is 52.2 Å². The van der Waals surface area contributed by atoms with E-state index in [2.05, 4.69) is 36.8 Å². The highest BCUT2D eigenvalue weighted by Gasteiger charge is 2.33. The van der Waals surface area contributed by atoms with Crippen LogP contribution in [0.5, 0.6) is 5.75 Å².